The highest BCUT2D eigenvalue weighted by atomic mass is 16.5. The molecule has 0 aliphatic rings. The van der Waals surface area contributed by atoms with Crippen molar-refractivity contribution in [3.63, 3.8) is 0 Å². The van der Waals surface area contributed by atoms with Gasteiger partial charge in [-0.05, 0) is 25.7 Å². The Labute approximate surface area is 209 Å². The molecule has 1 atom stereocenters. The molecule has 33 heavy (non-hydrogen) atoms. The number of hydrogen-bond acceptors (Lipinski definition) is 2. The Morgan fingerprint density at radius 3 is 1.18 bits per heavy atom. The summed E-state index contributed by atoms with van der Waals surface area (Å²) in [5, 5.41) is 0. The van der Waals surface area contributed by atoms with Gasteiger partial charge in [0.1, 0.15) is 6.10 Å². The minimum atomic E-state index is 0.0386. The maximum Gasteiger partial charge on any atom is 0.306 e. The van der Waals surface area contributed by atoms with E-state index in [0.29, 0.717) is 6.42 Å². The monoisotopic (exact) mass is 466 g/mol. The van der Waals surface area contributed by atoms with E-state index in [0.717, 1.165) is 19.3 Å². The van der Waals surface area contributed by atoms with Gasteiger partial charge in [0.25, 0.3) is 0 Å². The van der Waals surface area contributed by atoms with Crippen LogP contribution in [-0.4, -0.2) is 12.1 Å². The van der Waals surface area contributed by atoms with Gasteiger partial charge in [0.05, 0.1) is 0 Å². The van der Waals surface area contributed by atoms with E-state index in [1.807, 2.05) is 0 Å². The quantitative estimate of drug-likeness (QED) is 0.0888. The number of esters is 1. The van der Waals surface area contributed by atoms with E-state index in [9.17, 15) is 4.79 Å². The van der Waals surface area contributed by atoms with Crippen LogP contribution in [0.1, 0.15) is 188 Å². The molecule has 0 radical (unpaired) electrons. The van der Waals surface area contributed by atoms with Gasteiger partial charge >= 0.3 is 5.97 Å². The van der Waals surface area contributed by atoms with Crippen LogP contribution in [0.5, 0.6) is 0 Å². The summed E-state index contributed by atoms with van der Waals surface area (Å²) in [4.78, 5) is 12.2. The molecular weight excluding hydrogens is 404 g/mol. The van der Waals surface area contributed by atoms with Gasteiger partial charge in [0.15, 0.2) is 0 Å². The number of carbonyl (C=O) groups excluding carboxylic acids is 1. The minimum absolute atomic E-state index is 0.0386. The zero-order chi connectivity index (χ0) is 24.2. The van der Waals surface area contributed by atoms with Gasteiger partial charge in [-0.3, -0.25) is 4.79 Å². The van der Waals surface area contributed by atoms with Gasteiger partial charge in [0.2, 0.25) is 0 Å². The highest BCUT2D eigenvalue weighted by Crippen LogP contribution is 2.16. The third-order valence-electron chi connectivity index (χ3n) is 7.12. The molecule has 2 heteroatoms. The molecule has 0 aromatic carbocycles. The first-order valence-corrected chi connectivity index (χ1v) is 15.4. The summed E-state index contributed by atoms with van der Waals surface area (Å²) >= 11 is 0. The van der Waals surface area contributed by atoms with Crippen molar-refractivity contribution in [1.29, 1.82) is 0 Å². The van der Waals surface area contributed by atoms with Crippen LogP contribution in [0.4, 0.5) is 0 Å². The molecule has 0 aliphatic carbocycles. The molecule has 198 valence electrons. The topological polar surface area (TPSA) is 26.3 Å². The number of rotatable bonds is 27. The summed E-state index contributed by atoms with van der Waals surface area (Å²) in [5.74, 6) is 0.0386. The Morgan fingerprint density at radius 1 is 0.485 bits per heavy atom. The molecule has 0 amide bonds. The van der Waals surface area contributed by atoms with Gasteiger partial charge in [-0.1, -0.05) is 156 Å². The largest absolute Gasteiger partial charge is 0.462 e. The molecule has 0 fully saturated rings. The van der Waals surface area contributed by atoms with Crippen LogP contribution in [0, 0.1) is 0 Å². The van der Waals surface area contributed by atoms with E-state index < -0.39 is 0 Å². The van der Waals surface area contributed by atoms with Crippen molar-refractivity contribution in [3.05, 3.63) is 0 Å². The zero-order valence-electron chi connectivity index (χ0n) is 23.3. The average molecular weight is 467 g/mol. The van der Waals surface area contributed by atoms with Crippen LogP contribution in [0.15, 0.2) is 0 Å². The fraction of sp³-hybridized carbons (Fsp3) is 0.968. The predicted molar refractivity (Wildman–Crippen MR) is 147 cm³/mol. The lowest BCUT2D eigenvalue weighted by Gasteiger charge is -2.16. The molecule has 0 rings (SSSR count). The Hall–Kier alpha value is -0.530. The molecule has 0 saturated heterocycles. The smallest absolute Gasteiger partial charge is 0.306 e. The predicted octanol–water partition coefficient (Wildman–Crippen LogP) is 11.1. The summed E-state index contributed by atoms with van der Waals surface area (Å²) in [7, 11) is 0. The van der Waals surface area contributed by atoms with Crippen LogP contribution in [0.3, 0.4) is 0 Å². The molecule has 1 unspecified atom stereocenters. The van der Waals surface area contributed by atoms with Crippen molar-refractivity contribution in [2.75, 3.05) is 0 Å². The fourth-order valence-electron chi connectivity index (χ4n) is 4.74. The number of hydrogen-bond donors (Lipinski definition) is 0. The van der Waals surface area contributed by atoms with Crippen molar-refractivity contribution in [1.82, 2.24) is 0 Å². The van der Waals surface area contributed by atoms with E-state index in [1.54, 1.807) is 0 Å². The number of ether oxygens (including phenoxy) is 1. The Morgan fingerprint density at radius 2 is 0.818 bits per heavy atom. The Bertz CT molecular complexity index is 379. The van der Waals surface area contributed by atoms with E-state index >= 15 is 0 Å². The van der Waals surface area contributed by atoms with Crippen molar-refractivity contribution in [2.45, 2.75) is 194 Å². The van der Waals surface area contributed by atoms with Crippen LogP contribution < -0.4 is 0 Å². The lowest BCUT2D eigenvalue weighted by atomic mass is 10.0. The first-order chi connectivity index (χ1) is 16.2. The molecule has 0 aromatic rings. The second-order valence-corrected chi connectivity index (χ2v) is 10.5. The summed E-state index contributed by atoms with van der Waals surface area (Å²) in [6.07, 6.45) is 33.8. The molecule has 0 spiro atoms. The minimum Gasteiger partial charge on any atom is -0.462 e. The summed E-state index contributed by atoms with van der Waals surface area (Å²) in [6, 6.07) is 0. The molecular formula is C31H62O2. The number of carbonyl (C=O) groups is 1. The van der Waals surface area contributed by atoms with Crippen molar-refractivity contribution < 1.29 is 9.53 Å². The molecule has 0 heterocycles. The second kappa shape index (κ2) is 27.7. The van der Waals surface area contributed by atoms with Gasteiger partial charge < -0.3 is 4.74 Å². The van der Waals surface area contributed by atoms with Crippen molar-refractivity contribution in [3.8, 4) is 0 Å². The SMILES string of the molecule is CCCCCCCCCCCCCCCCC(=O)OC(CC)CCCCCCCCCCC. The van der Waals surface area contributed by atoms with Gasteiger partial charge in [-0.15, -0.1) is 0 Å². The van der Waals surface area contributed by atoms with Gasteiger partial charge in [-0.25, -0.2) is 0 Å². The van der Waals surface area contributed by atoms with E-state index in [2.05, 4.69) is 20.8 Å². The van der Waals surface area contributed by atoms with Crippen LogP contribution in [0.25, 0.3) is 0 Å². The Kier molecular flexibility index (Phi) is 27.3. The molecule has 0 bridgehead atoms. The van der Waals surface area contributed by atoms with Crippen molar-refractivity contribution in [2.24, 2.45) is 0 Å². The standard InChI is InChI=1S/C31H62O2/c1-4-7-9-11-13-15-16-17-18-19-21-23-25-27-29-31(32)33-30(6-3)28-26-24-22-20-14-12-10-8-5-2/h30H,4-29H2,1-3H3. The summed E-state index contributed by atoms with van der Waals surface area (Å²) in [5.41, 5.74) is 0. The first-order valence-electron chi connectivity index (χ1n) is 15.4. The molecule has 0 N–H and O–H groups in total. The Balaban J connectivity index is 3.41. The lowest BCUT2D eigenvalue weighted by molar-refractivity contribution is -0.149. The van der Waals surface area contributed by atoms with Crippen LogP contribution >= 0.6 is 0 Å². The molecule has 0 aliphatic heterocycles. The van der Waals surface area contributed by atoms with E-state index in [-0.39, 0.29) is 12.1 Å². The molecule has 0 saturated carbocycles. The first kappa shape index (κ1) is 32.5. The maximum atomic E-state index is 12.2. The second-order valence-electron chi connectivity index (χ2n) is 10.5. The van der Waals surface area contributed by atoms with Crippen LogP contribution in [0.2, 0.25) is 0 Å². The van der Waals surface area contributed by atoms with E-state index in [4.69, 9.17) is 4.74 Å². The number of unbranched alkanes of at least 4 members (excludes halogenated alkanes) is 21. The highest BCUT2D eigenvalue weighted by Gasteiger charge is 2.12. The lowest BCUT2D eigenvalue weighted by Crippen LogP contribution is -2.17. The molecule has 0 aromatic heterocycles. The maximum absolute atomic E-state index is 12.2. The zero-order valence-corrected chi connectivity index (χ0v) is 23.3. The van der Waals surface area contributed by atoms with Crippen LogP contribution in [-0.2, 0) is 9.53 Å². The third kappa shape index (κ3) is 25.9. The average Bonchev–Trinajstić information content (AvgIpc) is 2.82. The van der Waals surface area contributed by atoms with Gasteiger partial charge in [0, 0.05) is 6.42 Å². The molecule has 2 nitrogen and oxygen atoms in total. The normalized spacial score (nSPS) is 12.2. The fourth-order valence-corrected chi connectivity index (χ4v) is 4.74. The third-order valence-corrected chi connectivity index (χ3v) is 7.12. The highest BCUT2D eigenvalue weighted by molar-refractivity contribution is 5.69. The van der Waals surface area contributed by atoms with Crippen molar-refractivity contribution >= 4 is 5.97 Å². The van der Waals surface area contributed by atoms with E-state index in [1.165, 1.54) is 141 Å². The summed E-state index contributed by atoms with van der Waals surface area (Å²) < 4.78 is 5.75. The van der Waals surface area contributed by atoms with Gasteiger partial charge in [-0.2, -0.15) is 0 Å². The summed E-state index contributed by atoms with van der Waals surface area (Å²) in [6.45, 7) is 6.71.